The Morgan fingerprint density at radius 2 is 1.63 bits per heavy atom. The third-order valence-electron chi connectivity index (χ3n) is 5.25. The largest absolute Gasteiger partial charge is 0.490 e. The minimum atomic E-state index is -5.08. The Balaban J connectivity index is 0.000000762. The first-order valence-electron chi connectivity index (χ1n) is 11.1. The third-order valence-corrected chi connectivity index (χ3v) is 7.45. The number of benzene rings is 1. The number of ether oxygens (including phenoxy) is 1. The fourth-order valence-corrected chi connectivity index (χ4v) is 5.62. The second-order valence-electron chi connectivity index (χ2n) is 8.16. The van der Waals surface area contributed by atoms with Gasteiger partial charge in [0.15, 0.2) is 0 Å². The highest BCUT2D eigenvalue weighted by Gasteiger charge is 2.38. The summed E-state index contributed by atoms with van der Waals surface area (Å²) in [5, 5.41) is 10.3. The van der Waals surface area contributed by atoms with Gasteiger partial charge in [-0.15, -0.1) is 0 Å². The molecule has 1 heterocycles. The van der Waals surface area contributed by atoms with E-state index in [2.05, 4.69) is 5.32 Å². The molecule has 0 spiro atoms. The van der Waals surface area contributed by atoms with Crippen molar-refractivity contribution in [1.82, 2.24) is 14.5 Å². The van der Waals surface area contributed by atoms with Gasteiger partial charge in [-0.25, -0.2) is 13.2 Å². The molecule has 1 saturated heterocycles. The minimum absolute atomic E-state index is 0.00536. The van der Waals surface area contributed by atoms with Crippen LogP contribution in [-0.4, -0.2) is 93.8 Å². The number of alkyl halides is 3. The standard InChI is InChI=1S/C20H33N3O4S.C2HF3O2/c1-16-14-17(2)20(18(3)15-16)28(25,26)23(9-5-13-27-4)10-6-19(24)22-11-7-21-8-12-22;3-2(4,5)1(6)7/h14-15,21H,5-13H2,1-4H3;(H,6,7). The van der Waals surface area contributed by atoms with Crippen molar-refractivity contribution in [3.05, 3.63) is 28.8 Å². The van der Waals surface area contributed by atoms with Crippen molar-refractivity contribution in [1.29, 1.82) is 0 Å². The van der Waals surface area contributed by atoms with Gasteiger partial charge in [0, 0.05) is 59.4 Å². The van der Waals surface area contributed by atoms with Crippen LogP contribution in [0.5, 0.6) is 0 Å². The van der Waals surface area contributed by atoms with Crippen LogP contribution >= 0.6 is 0 Å². The van der Waals surface area contributed by atoms with E-state index < -0.39 is 22.2 Å². The molecule has 0 aromatic heterocycles. The number of sulfonamides is 1. The molecule has 1 aromatic carbocycles. The van der Waals surface area contributed by atoms with Crippen LogP contribution in [-0.2, 0) is 24.3 Å². The number of carboxylic acids is 1. The molecule has 1 aliphatic rings. The molecule has 2 N–H and O–H groups in total. The zero-order valence-electron chi connectivity index (χ0n) is 20.4. The maximum Gasteiger partial charge on any atom is 0.490 e. The lowest BCUT2D eigenvalue weighted by Gasteiger charge is -2.29. The molecule has 200 valence electrons. The van der Waals surface area contributed by atoms with Crippen LogP contribution < -0.4 is 5.32 Å². The SMILES string of the molecule is COCCCN(CCC(=O)N1CCNCC1)S(=O)(=O)c1c(C)cc(C)cc1C.O=C(O)C(F)(F)F. The van der Waals surface area contributed by atoms with Crippen molar-refractivity contribution in [2.45, 2.75) is 44.7 Å². The number of carbonyl (C=O) groups is 2. The molecular formula is C22H34F3N3O6S. The number of carbonyl (C=O) groups excluding carboxylic acids is 1. The van der Waals surface area contributed by atoms with Crippen molar-refractivity contribution < 1.29 is 41.0 Å². The van der Waals surface area contributed by atoms with Crippen LogP contribution in [0.15, 0.2) is 17.0 Å². The lowest BCUT2D eigenvalue weighted by Crippen LogP contribution is -2.47. The number of piperazine rings is 1. The number of amides is 1. The highest BCUT2D eigenvalue weighted by Crippen LogP contribution is 2.25. The Morgan fingerprint density at radius 1 is 1.11 bits per heavy atom. The first kappa shape index (κ1) is 30.8. The summed E-state index contributed by atoms with van der Waals surface area (Å²) in [6.07, 6.45) is -4.31. The molecular weight excluding hydrogens is 491 g/mol. The Hall–Kier alpha value is -2.22. The predicted octanol–water partition coefficient (Wildman–Crippen LogP) is 2.09. The molecule has 0 aliphatic carbocycles. The Labute approximate surface area is 204 Å². The van der Waals surface area contributed by atoms with Gasteiger partial charge in [0.2, 0.25) is 15.9 Å². The first-order valence-corrected chi connectivity index (χ1v) is 12.5. The van der Waals surface area contributed by atoms with E-state index >= 15 is 0 Å². The fourth-order valence-electron chi connectivity index (χ4n) is 3.73. The van der Waals surface area contributed by atoms with Crippen LogP contribution in [0.4, 0.5) is 13.2 Å². The van der Waals surface area contributed by atoms with Gasteiger partial charge >= 0.3 is 12.1 Å². The number of aryl methyl sites for hydroxylation is 3. The second-order valence-corrected chi connectivity index (χ2v) is 10.0. The van der Waals surface area contributed by atoms with E-state index in [1.165, 1.54) is 4.31 Å². The van der Waals surface area contributed by atoms with Crippen LogP contribution in [0.25, 0.3) is 0 Å². The van der Waals surface area contributed by atoms with Crippen LogP contribution in [0, 0.1) is 20.8 Å². The zero-order valence-corrected chi connectivity index (χ0v) is 21.3. The highest BCUT2D eigenvalue weighted by atomic mass is 32.2. The van der Waals surface area contributed by atoms with Gasteiger partial charge < -0.3 is 20.1 Å². The van der Waals surface area contributed by atoms with Gasteiger partial charge in [0.1, 0.15) is 0 Å². The lowest BCUT2D eigenvalue weighted by atomic mass is 10.1. The molecule has 1 fully saturated rings. The van der Waals surface area contributed by atoms with E-state index in [1.54, 1.807) is 12.0 Å². The van der Waals surface area contributed by atoms with E-state index in [9.17, 15) is 26.4 Å². The summed E-state index contributed by atoms with van der Waals surface area (Å²) in [4.78, 5) is 23.6. The fraction of sp³-hybridized carbons (Fsp3) is 0.636. The number of hydrogen-bond donors (Lipinski definition) is 2. The monoisotopic (exact) mass is 525 g/mol. The Bertz CT molecular complexity index is 941. The van der Waals surface area contributed by atoms with Crippen molar-refractivity contribution in [3.8, 4) is 0 Å². The molecule has 0 saturated carbocycles. The number of nitrogens with zero attached hydrogens (tertiary/aromatic N) is 2. The summed E-state index contributed by atoms with van der Waals surface area (Å²) in [7, 11) is -2.09. The lowest BCUT2D eigenvalue weighted by molar-refractivity contribution is -0.192. The van der Waals surface area contributed by atoms with Gasteiger partial charge in [-0.1, -0.05) is 17.7 Å². The smallest absolute Gasteiger partial charge is 0.475 e. The molecule has 1 aromatic rings. The quantitative estimate of drug-likeness (QED) is 0.475. The van der Waals surface area contributed by atoms with Crippen LogP contribution in [0.3, 0.4) is 0 Å². The predicted molar refractivity (Wildman–Crippen MR) is 124 cm³/mol. The third kappa shape index (κ3) is 9.74. The first-order chi connectivity index (χ1) is 16.2. The molecule has 1 amide bonds. The van der Waals surface area contributed by atoms with E-state index in [0.29, 0.717) is 37.6 Å². The van der Waals surface area contributed by atoms with Crippen molar-refractivity contribution >= 4 is 21.9 Å². The summed E-state index contributed by atoms with van der Waals surface area (Å²) in [5.41, 5.74) is 2.51. The minimum Gasteiger partial charge on any atom is -0.475 e. The molecule has 0 bridgehead atoms. The summed E-state index contributed by atoms with van der Waals surface area (Å²) < 4.78 is 65.1. The molecule has 1 aliphatic heterocycles. The van der Waals surface area contributed by atoms with Gasteiger partial charge in [-0.2, -0.15) is 17.5 Å². The molecule has 0 unspecified atom stereocenters. The van der Waals surface area contributed by atoms with Crippen molar-refractivity contribution in [2.75, 3.05) is 53.0 Å². The number of carboxylic acid groups (broad SMARTS) is 1. The Morgan fingerprint density at radius 3 is 2.09 bits per heavy atom. The maximum absolute atomic E-state index is 13.4. The van der Waals surface area contributed by atoms with E-state index in [4.69, 9.17) is 14.6 Å². The zero-order chi connectivity index (χ0) is 26.8. The van der Waals surface area contributed by atoms with Crippen molar-refractivity contribution in [2.24, 2.45) is 0 Å². The average Bonchev–Trinajstić information content (AvgIpc) is 2.75. The van der Waals surface area contributed by atoms with E-state index in [1.807, 2.05) is 32.9 Å². The second kappa shape index (κ2) is 13.8. The molecule has 35 heavy (non-hydrogen) atoms. The summed E-state index contributed by atoms with van der Waals surface area (Å²) in [6.45, 7) is 9.50. The topological polar surface area (TPSA) is 116 Å². The number of methoxy groups -OCH3 is 1. The van der Waals surface area contributed by atoms with Crippen LogP contribution in [0.2, 0.25) is 0 Å². The van der Waals surface area contributed by atoms with Gasteiger partial charge in [0.05, 0.1) is 4.90 Å². The number of hydrogen-bond acceptors (Lipinski definition) is 6. The van der Waals surface area contributed by atoms with Crippen molar-refractivity contribution in [3.63, 3.8) is 0 Å². The molecule has 0 radical (unpaired) electrons. The van der Waals surface area contributed by atoms with Gasteiger partial charge in [0.25, 0.3) is 0 Å². The molecule has 0 atom stereocenters. The summed E-state index contributed by atoms with van der Waals surface area (Å²) >= 11 is 0. The number of nitrogens with one attached hydrogen (secondary N) is 1. The van der Waals surface area contributed by atoms with E-state index in [0.717, 1.165) is 29.8 Å². The van der Waals surface area contributed by atoms with Gasteiger partial charge in [-0.3, -0.25) is 4.79 Å². The summed E-state index contributed by atoms with van der Waals surface area (Å²) in [6, 6.07) is 3.78. The van der Waals surface area contributed by atoms with Gasteiger partial charge in [-0.05, 0) is 38.3 Å². The number of aliphatic carboxylic acids is 1. The highest BCUT2D eigenvalue weighted by molar-refractivity contribution is 7.89. The molecule has 2 rings (SSSR count). The Kier molecular flexibility index (Phi) is 12.1. The normalized spacial score (nSPS) is 14.5. The average molecular weight is 526 g/mol. The number of halogens is 3. The van der Waals surface area contributed by atoms with E-state index in [-0.39, 0.29) is 18.9 Å². The maximum atomic E-state index is 13.4. The summed E-state index contributed by atoms with van der Waals surface area (Å²) in [5.74, 6) is -2.75. The van der Waals surface area contributed by atoms with Crippen LogP contribution in [0.1, 0.15) is 29.5 Å². The number of rotatable bonds is 9. The molecule has 13 heteroatoms. The molecule has 9 nitrogen and oxygen atoms in total.